The number of halogens is 1. The Balaban J connectivity index is 1.42. The summed E-state index contributed by atoms with van der Waals surface area (Å²) in [6.45, 7) is 7.46. The molecule has 0 unspecified atom stereocenters. The second-order valence-electron chi connectivity index (χ2n) is 6.78. The summed E-state index contributed by atoms with van der Waals surface area (Å²) < 4.78 is 6.40. The van der Waals surface area contributed by atoms with E-state index in [1.165, 1.54) is 5.56 Å². The predicted octanol–water partition coefficient (Wildman–Crippen LogP) is 1.00. The molecule has 1 aromatic rings. The van der Waals surface area contributed by atoms with Crippen molar-refractivity contribution in [1.29, 1.82) is 0 Å². The summed E-state index contributed by atoms with van der Waals surface area (Å²) in [5, 5.41) is 3.44. The molecule has 2 saturated heterocycles. The molecule has 0 spiro atoms. The number of nitrogens with one attached hydrogen (secondary N) is 1. The molecule has 0 aromatic heterocycles. The summed E-state index contributed by atoms with van der Waals surface area (Å²) in [6.07, 6.45) is 0. The topological polar surface area (TPSA) is 60.4 Å². The monoisotopic (exact) mass is 437 g/mol. The molecule has 0 atom stereocenters. The fraction of sp³-hybridized carbons (Fsp3) is 0.579. The fourth-order valence-corrected chi connectivity index (χ4v) is 3.60. The van der Waals surface area contributed by atoms with Crippen LogP contribution in [-0.4, -0.2) is 92.6 Å². The van der Waals surface area contributed by atoms with E-state index in [2.05, 4.69) is 48.2 Å². The predicted molar refractivity (Wildman–Crippen MR) is 110 cm³/mol. The third-order valence-corrected chi connectivity index (χ3v) is 5.50. The Kier molecular flexibility index (Phi) is 7.49. The van der Waals surface area contributed by atoms with Crippen molar-refractivity contribution in [2.24, 2.45) is 4.99 Å². The molecule has 27 heavy (non-hydrogen) atoms. The van der Waals surface area contributed by atoms with Gasteiger partial charge in [0, 0.05) is 57.3 Å². The van der Waals surface area contributed by atoms with Crippen molar-refractivity contribution in [3.05, 3.63) is 34.3 Å². The zero-order valence-corrected chi connectivity index (χ0v) is 17.4. The van der Waals surface area contributed by atoms with E-state index in [0.29, 0.717) is 32.8 Å². The van der Waals surface area contributed by atoms with E-state index < -0.39 is 0 Å². The van der Waals surface area contributed by atoms with Crippen LogP contribution in [0.3, 0.4) is 0 Å². The third kappa shape index (κ3) is 5.92. The second kappa shape index (κ2) is 10.1. The smallest absolute Gasteiger partial charge is 0.236 e. The van der Waals surface area contributed by atoms with Gasteiger partial charge < -0.3 is 19.9 Å². The molecule has 2 aliphatic heterocycles. The Morgan fingerprint density at radius 2 is 1.74 bits per heavy atom. The van der Waals surface area contributed by atoms with Gasteiger partial charge in [-0.15, -0.1) is 0 Å². The number of rotatable bonds is 4. The summed E-state index contributed by atoms with van der Waals surface area (Å²) in [5.74, 6) is 1.13. The van der Waals surface area contributed by atoms with Crippen molar-refractivity contribution in [2.75, 3.05) is 66.1 Å². The zero-order chi connectivity index (χ0) is 19.1. The lowest BCUT2D eigenvalue weighted by atomic mass is 10.2. The van der Waals surface area contributed by atoms with Gasteiger partial charge in [-0.05, 0) is 17.7 Å². The molecule has 3 rings (SSSR count). The minimum Gasteiger partial charge on any atom is -0.378 e. The number of morpholine rings is 1. The van der Waals surface area contributed by atoms with Crippen molar-refractivity contribution < 1.29 is 9.53 Å². The maximum Gasteiger partial charge on any atom is 0.236 e. The quantitative estimate of drug-likeness (QED) is 0.562. The molecule has 1 amide bonds. The first-order chi connectivity index (χ1) is 13.2. The van der Waals surface area contributed by atoms with Crippen LogP contribution in [0.2, 0.25) is 0 Å². The highest BCUT2D eigenvalue weighted by molar-refractivity contribution is 9.10. The molecular formula is C19H28BrN5O2. The van der Waals surface area contributed by atoms with Crippen molar-refractivity contribution in [3.63, 3.8) is 0 Å². The summed E-state index contributed by atoms with van der Waals surface area (Å²) in [7, 11) is 1.82. The lowest BCUT2D eigenvalue weighted by Crippen LogP contribution is -2.54. The van der Waals surface area contributed by atoms with Crippen molar-refractivity contribution in [2.45, 2.75) is 6.54 Å². The first-order valence-electron chi connectivity index (χ1n) is 9.43. The van der Waals surface area contributed by atoms with E-state index in [1.807, 2.05) is 24.1 Å². The molecular weight excluding hydrogens is 410 g/mol. The molecule has 0 aliphatic carbocycles. The van der Waals surface area contributed by atoms with E-state index in [1.54, 1.807) is 0 Å². The second-order valence-corrected chi connectivity index (χ2v) is 7.70. The molecule has 0 saturated carbocycles. The number of carbonyl (C=O) groups excluding carboxylic acids is 1. The average molecular weight is 438 g/mol. The number of guanidine groups is 1. The highest BCUT2D eigenvalue weighted by Crippen LogP contribution is 2.11. The van der Waals surface area contributed by atoms with Gasteiger partial charge in [0.25, 0.3) is 0 Å². The van der Waals surface area contributed by atoms with Gasteiger partial charge in [0.1, 0.15) is 0 Å². The molecule has 0 bridgehead atoms. The van der Waals surface area contributed by atoms with Crippen LogP contribution < -0.4 is 5.32 Å². The average Bonchev–Trinajstić information content (AvgIpc) is 2.71. The number of carbonyl (C=O) groups is 1. The van der Waals surface area contributed by atoms with Crippen LogP contribution in [0.25, 0.3) is 0 Å². The van der Waals surface area contributed by atoms with Gasteiger partial charge in [-0.1, -0.05) is 28.1 Å². The number of aliphatic imine (C=N–C) groups is 1. The standard InChI is InChI=1S/C19H28BrN5O2/c1-21-19(22-14-16-2-4-17(20)5-3-16)25-8-6-23(7-9-25)15-18(26)24-10-12-27-13-11-24/h2-5H,6-15H2,1H3,(H,21,22). The summed E-state index contributed by atoms with van der Waals surface area (Å²) in [5.41, 5.74) is 1.22. The van der Waals surface area contributed by atoms with Crippen LogP contribution >= 0.6 is 15.9 Å². The highest BCUT2D eigenvalue weighted by Gasteiger charge is 2.24. The molecule has 1 N–H and O–H groups in total. The number of piperazine rings is 1. The van der Waals surface area contributed by atoms with Crippen molar-refractivity contribution >= 4 is 27.8 Å². The molecule has 2 fully saturated rings. The largest absolute Gasteiger partial charge is 0.378 e. The van der Waals surface area contributed by atoms with Gasteiger partial charge in [0.05, 0.1) is 19.8 Å². The van der Waals surface area contributed by atoms with Gasteiger partial charge >= 0.3 is 0 Å². The Hall–Kier alpha value is -1.64. The minimum absolute atomic E-state index is 0.212. The summed E-state index contributed by atoms with van der Waals surface area (Å²) in [6, 6.07) is 8.28. The van der Waals surface area contributed by atoms with Crippen LogP contribution in [0, 0.1) is 0 Å². The lowest BCUT2D eigenvalue weighted by molar-refractivity contribution is -0.136. The molecule has 8 heteroatoms. The van der Waals surface area contributed by atoms with Gasteiger partial charge in [-0.2, -0.15) is 0 Å². The van der Waals surface area contributed by atoms with Crippen LogP contribution in [-0.2, 0) is 16.1 Å². The number of ether oxygens (including phenoxy) is 1. The molecule has 2 heterocycles. The number of hydrogen-bond acceptors (Lipinski definition) is 4. The van der Waals surface area contributed by atoms with Gasteiger partial charge in [0.15, 0.2) is 5.96 Å². The van der Waals surface area contributed by atoms with Crippen molar-refractivity contribution in [1.82, 2.24) is 20.0 Å². The molecule has 2 aliphatic rings. The van der Waals surface area contributed by atoms with E-state index in [-0.39, 0.29) is 5.91 Å². The molecule has 7 nitrogen and oxygen atoms in total. The van der Waals surface area contributed by atoms with Gasteiger partial charge in [0.2, 0.25) is 5.91 Å². The van der Waals surface area contributed by atoms with Crippen molar-refractivity contribution in [3.8, 4) is 0 Å². The Morgan fingerprint density at radius 1 is 1.07 bits per heavy atom. The first-order valence-corrected chi connectivity index (χ1v) is 10.2. The molecule has 148 valence electrons. The van der Waals surface area contributed by atoms with Crippen LogP contribution in [0.15, 0.2) is 33.7 Å². The summed E-state index contributed by atoms with van der Waals surface area (Å²) in [4.78, 5) is 23.2. The normalized spacial score (nSPS) is 19.3. The summed E-state index contributed by atoms with van der Waals surface area (Å²) >= 11 is 3.46. The Labute approximate surface area is 169 Å². The van der Waals surface area contributed by atoms with E-state index in [9.17, 15) is 4.79 Å². The highest BCUT2D eigenvalue weighted by atomic mass is 79.9. The van der Waals surface area contributed by atoms with E-state index in [4.69, 9.17) is 4.74 Å². The Bertz CT molecular complexity index is 638. The van der Waals surface area contributed by atoms with Gasteiger partial charge in [-0.25, -0.2) is 0 Å². The maximum atomic E-state index is 12.4. The van der Waals surface area contributed by atoms with E-state index in [0.717, 1.165) is 43.2 Å². The SMILES string of the molecule is CN=C(NCc1ccc(Br)cc1)N1CCN(CC(=O)N2CCOCC2)CC1. The maximum absolute atomic E-state index is 12.4. The van der Waals surface area contributed by atoms with E-state index >= 15 is 0 Å². The van der Waals surface area contributed by atoms with Crippen LogP contribution in [0.4, 0.5) is 0 Å². The van der Waals surface area contributed by atoms with Crippen LogP contribution in [0.5, 0.6) is 0 Å². The number of benzene rings is 1. The Morgan fingerprint density at radius 3 is 2.37 bits per heavy atom. The number of nitrogens with zero attached hydrogens (tertiary/aromatic N) is 4. The third-order valence-electron chi connectivity index (χ3n) is 4.97. The zero-order valence-electron chi connectivity index (χ0n) is 15.9. The number of hydrogen-bond donors (Lipinski definition) is 1. The fourth-order valence-electron chi connectivity index (χ4n) is 3.34. The lowest BCUT2D eigenvalue weighted by Gasteiger charge is -2.37. The molecule has 0 radical (unpaired) electrons. The van der Waals surface area contributed by atoms with Gasteiger partial charge in [-0.3, -0.25) is 14.7 Å². The minimum atomic E-state index is 0.212. The number of amides is 1. The first kappa shape index (κ1) is 20.1. The van der Waals surface area contributed by atoms with Crippen LogP contribution in [0.1, 0.15) is 5.56 Å². The molecule has 1 aromatic carbocycles.